The van der Waals surface area contributed by atoms with Crippen molar-refractivity contribution in [3.8, 4) is 5.75 Å². The van der Waals surface area contributed by atoms with Gasteiger partial charge in [0.15, 0.2) is 5.03 Å². The third kappa shape index (κ3) is 6.19. The van der Waals surface area contributed by atoms with E-state index < -0.39 is 10.0 Å². The minimum atomic E-state index is -3.91. The first-order chi connectivity index (χ1) is 17.1. The van der Waals surface area contributed by atoms with Crippen molar-refractivity contribution in [3.63, 3.8) is 0 Å². The van der Waals surface area contributed by atoms with Gasteiger partial charge in [-0.1, -0.05) is 6.92 Å². The molecule has 3 atom stereocenters. The Morgan fingerprint density at radius 1 is 1.19 bits per heavy atom. The van der Waals surface area contributed by atoms with E-state index in [1.54, 1.807) is 42.8 Å². The molecule has 1 fully saturated rings. The molecule has 2 aromatic rings. The van der Waals surface area contributed by atoms with Gasteiger partial charge < -0.3 is 18.9 Å². The summed E-state index contributed by atoms with van der Waals surface area (Å²) in [7, 11) is 1.20. The molecule has 2 heterocycles. The molecule has 1 aliphatic carbocycles. The van der Waals surface area contributed by atoms with Gasteiger partial charge in [-0.3, -0.25) is 14.4 Å². The van der Waals surface area contributed by atoms with Crippen molar-refractivity contribution in [2.75, 3.05) is 45.1 Å². The Morgan fingerprint density at radius 2 is 1.94 bits per heavy atom. The number of rotatable bonds is 6. The second-order valence-electron chi connectivity index (χ2n) is 10.2. The van der Waals surface area contributed by atoms with E-state index in [0.29, 0.717) is 24.5 Å². The fraction of sp³-hybridized carbons (Fsp3) is 0.600. The van der Waals surface area contributed by atoms with Crippen molar-refractivity contribution < 1.29 is 22.7 Å². The number of imidazole rings is 1. The molecule has 1 amide bonds. The van der Waals surface area contributed by atoms with Gasteiger partial charge in [0.1, 0.15) is 12.4 Å². The van der Waals surface area contributed by atoms with Crippen molar-refractivity contribution >= 4 is 21.6 Å². The molecular formula is C25H37N5O5S. The Kier molecular flexibility index (Phi) is 7.91. The molecule has 4 rings (SSSR count). The highest BCUT2D eigenvalue weighted by atomic mass is 32.2. The highest BCUT2D eigenvalue weighted by molar-refractivity contribution is 7.92. The SMILES string of the molecule is CO[C@H]1CN(C)C(=O)c2cc(NS(=O)(=O)c3cn(C)cn3)ccc2OC[C@H](C)N(CC2CC2)C[C@@H]1C. The Hall–Kier alpha value is -2.63. The van der Waals surface area contributed by atoms with Gasteiger partial charge >= 0.3 is 0 Å². The number of aromatic nitrogens is 2. The minimum absolute atomic E-state index is 0.0982. The number of fused-ring (bicyclic) bond motifs is 1. The summed E-state index contributed by atoms with van der Waals surface area (Å²) in [5.74, 6) is 1.11. The fourth-order valence-corrected chi connectivity index (χ4v) is 5.57. The van der Waals surface area contributed by atoms with Crippen molar-refractivity contribution in [2.45, 2.75) is 43.9 Å². The maximum atomic E-state index is 13.5. The van der Waals surface area contributed by atoms with Crippen LogP contribution in [0.5, 0.6) is 5.75 Å². The summed E-state index contributed by atoms with van der Waals surface area (Å²) in [5.41, 5.74) is 0.555. The molecule has 1 N–H and O–H groups in total. The van der Waals surface area contributed by atoms with Crippen LogP contribution in [0.4, 0.5) is 5.69 Å². The summed E-state index contributed by atoms with van der Waals surface area (Å²) < 4.78 is 41.6. The van der Waals surface area contributed by atoms with E-state index in [2.05, 4.69) is 28.5 Å². The van der Waals surface area contributed by atoms with Crippen LogP contribution in [0.1, 0.15) is 37.0 Å². The molecule has 11 heteroatoms. The second-order valence-corrected chi connectivity index (χ2v) is 11.8. The molecule has 10 nitrogen and oxygen atoms in total. The molecule has 0 bridgehead atoms. The number of amides is 1. The standard InChI is InChI=1S/C25H37N5O5S/c1-17-11-30(12-19-6-7-19)18(2)15-35-22-9-8-20(27-36(32,33)24-14-28(3)16-26-24)10-21(22)25(31)29(4)13-23(17)34-5/h8-10,14,16-19,23,27H,6-7,11-13,15H2,1-5H3/t17-,18-,23-/m0/s1. The largest absolute Gasteiger partial charge is 0.491 e. The third-order valence-corrected chi connectivity index (χ3v) is 8.24. The molecule has 0 saturated heterocycles. The van der Waals surface area contributed by atoms with Crippen LogP contribution in [-0.4, -0.2) is 86.2 Å². The van der Waals surface area contributed by atoms with Crippen molar-refractivity contribution in [1.82, 2.24) is 19.4 Å². The first kappa shape index (κ1) is 26.4. The number of ether oxygens (including phenoxy) is 2. The van der Waals surface area contributed by atoms with Gasteiger partial charge in [-0.2, -0.15) is 8.42 Å². The van der Waals surface area contributed by atoms with Gasteiger partial charge in [0.05, 0.1) is 18.0 Å². The summed E-state index contributed by atoms with van der Waals surface area (Å²) in [6.07, 6.45) is 5.23. The summed E-state index contributed by atoms with van der Waals surface area (Å²) in [4.78, 5) is 21.5. The summed E-state index contributed by atoms with van der Waals surface area (Å²) in [5, 5.41) is -0.0982. The van der Waals surface area contributed by atoms with Crippen molar-refractivity contribution in [3.05, 3.63) is 36.3 Å². The van der Waals surface area contributed by atoms with Crippen molar-refractivity contribution in [1.29, 1.82) is 0 Å². The topological polar surface area (TPSA) is 106 Å². The molecule has 198 valence electrons. The van der Waals surface area contributed by atoms with Crippen LogP contribution in [-0.2, 0) is 21.8 Å². The number of hydrogen-bond acceptors (Lipinski definition) is 7. The molecular weight excluding hydrogens is 482 g/mol. The number of nitrogens with zero attached hydrogens (tertiary/aromatic N) is 4. The summed E-state index contributed by atoms with van der Waals surface area (Å²) in [6.45, 7) is 7.02. The molecule has 0 unspecified atom stereocenters. The van der Waals surface area contributed by atoms with Crippen LogP contribution in [0.3, 0.4) is 0 Å². The molecule has 0 spiro atoms. The average Bonchev–Trinajstić information content (AvgIpc) is 3.55. The van der Waals surface area contributed by atoms with E-state index in [-0.39, 0.29) is 34.7 Å². The number of benzene rings is 1. The Balaban J connectivity index is 1.64. The lowest BCUT2D eigenvalue weighted by Crippen LogP contribution is -2.47. The van der Waals surface area contributed by atoms with E-state index in [9.17, 15) is 13.2 Å². The number of aryl methyl sites for hydroxylation is 1. The minimum Gasteiger partial charge on any atom is -0.491 e. The molecule has 36 heavy (non-hydrogen) atoms. The number of carbonyl (C=O) groups excluding carboxylic acids is 1. The first-order valence-corrected chi connectivity index (χ1v) is 13.9. The number of carbonyl (C=O) groups is 1. The van der Waals surface area contributed by atoms with E-state index in [1.807, 2.05) is 0 Å². The molecule has 1 saturated carbocycles. The van der Waals surface area contributed by atoms with E-state index in [4.69, 9.17) is 9.47 Å². The Bertz CT molecular complexity index is 1180. The lowest BCUT2D eigenvalue weighted by atomic mass is 10.0. The van der Waals surface area contributed by atoms with Crippen LogP contribution in [0, 0.1) is 11.8 Å². The van der Waals surface area contributed by atoms with Gasteiger partial charge in [0.25, 0.3) is 15.9 Å². The maximum Gasteiger partial charge on any atom is 0.280 e. The fourth-order valence-electron chi connectivity index (χ4n) is 4.54. The highest BCUT2D eigenvalue weighted by Crippen LogP contribution is 2.32. The van der Waals surface area contributed by atoms with Gasteiger partial charge in [-0.05, 0) is 49.8 Å². The van der Waals surface area contributed by atoms with Crippen LogP contribution in [0.15, 0.2) is 35.7 Å². The summed E-state index contributed by atoms with van der Waals surface area (Å²) in [6, 6.07) is 4.92. The monoisotopic (exact) mass is 519 g/mol. The van der Waals surface area contributed by atoms with Crippen LogP contribution >= 0.6 is 0 Å². The molecule has 2 aliphatic rings. The lowest BCUT2D eigenvalue weighted by molar-refractivity contribution is 0.00994. The molecule has 0 radical (unpaired) electrons. The molecule has 1 aromatic carbocycles. The number of methoxy groups -OCH3 is 1. The first-order valence-electron chi connectivity index (χ1n) is 12.4. The average molecular weight is 520 g/mol. The van der Waals surface area contributed by atoms with Crippen molar-refractivity contribution in [2.24, 2.45) is 18.9 Å². The zero-order valence-electron chi connectivity index (χ0n) is 21.7. The highest BCUT2D eigenvalue weighted by Gasteiger charge is 2.32. The quantitative estimate of drug-likeness (QED) is 0.625. The second kappa shape index (κ2) is 10.8. The normalized spacial score (nSPS) is 24.4. The van der Waals surface area contributed by atoms with Gasteiger partial charge in [-0.15, -0.1) is 0 Å². The molecule has 1 aromatic heterocycles. The van der Waals surface area contributed by atoms with Gasteiger partial charge in [0.2, 0.25) is 0 Å². The van der Waals surface area contributed by atoms with E-state index in [1.165, 1.54) is 31.4 Å². The number of hydrogen-bond donors (Lipinski definition) is 1. The predicted molar refractivity (Wildman–Crippen MR) is 137 cm³/mol. The third-order valence-electron chi connectivity index (χ3n) is 6.97. The van der Waals surface area contributed by atoms with Crippen LogP contribution in [0.2, 0.25) is 0 Å². The van der Waals surface area contributed by atoms with Gasteiger partial charge in [0, 0.05) is 58.8 Å². The number of sulfonamides is 1. The number of nitrogens with one attached hydrogen (secondary N) is 1. The van der Waals surface area contributed by atoms with Crippen LogP contribution < -0.4 is 9.46 Å². The summed E-state index contributed by atoms with van der Waals surface area (Å²) >= 11 is 0. The Morgan fingerprint density at radius 3 is 2.58 bits per heavy atom. The smallest absolute Gasteiger partial charge is 0.280 e. The Labute approximate surface area is 213 Å². The van der Waals surface area contributed by atoms with Crippen LogP contribution in [0.25, 0.3) is 0 Å². The zero-order valence-corrected chi connectivity index (χ0v) is 22.5. The van der Waals surface area contributed by atoms with Gasteiger partial charge in [-0.25, -0.2) is 4.98 Å². The van der Waals surface area contributed by atoms with E-state index in [0.717, 1.165) is 19.0 Å². The zero-order chi connectivity index (χ0) is 26.0. The van der Waals surface area contributed by atoms with E-state index >= 15 is 0 Å². The molecule has 1 aliphatic heterocycles. The number of anilines is 1. The maximum absolute atomic E-state index is 13.5. The number of likely N-dealkylation sites (N-methyl/N-ethyl adjacent to an activating group) is 1. The predicted octanol–water partition coefficient (Wildman–Crippen LogP) is 2.44. The lowest BCUT2D eigenvalue weighted by Gasteiger charge is -2.36.